The molecule has 0 bridgehead atoms. The summed E-state index contributed by atoms with van der Waals surface area (Å²) in [4.78, 5) is 10.8. The van der Waals surface area contributed by atoms with Crippen LogP contribution in [0.3, 0.4) is 0 Å². The number of hydrogen-bond donors (Lipinski definition) is 1. The molecule has 0 saturated heterocycles. The van der Waals surface area contributed by atoms with Crippen LogP contribution in [0, 0.1) is 5.82 Å². The number of halogens is 1. The fourth-order valence-corrected chi connectivity index (χ4v) is 3.22. The Hall–Kier alpha value is -2.53. The SMILES string of the molecule is C=N\C=C/C(=N\CNCCC)C(/C=C\N(C(C)C)C(CC)c1cccc(F)c1)=C\C. The Kier molecular flexibility index (Phi) is 12.3. The van der Waals surface area contributed by atoms with Crippen molar-refractivity contribution in [1.29, 1.82) is 0 Å². The van der Waals surface area contributed by atoms with Crippen molar-refractivity contribution in [3.63, 3.8) is 0 Å². The van der Waals surface area contributed by atoms with Crippen LogP contribution in [0.15, 0.2) is 70.5 Å². The second-order valence-corrected chi connectivity index (χ2v) is 7.28. The Morgan fingerprint density at radius 2 is 2.03 bits per heavy atom. The zero-order valence-electron chi connectivity index (χ0n) is 19.1. The van der Waals surface area contributed by atoms with Gasteiger partial charge in [-0.15, -0.1) is 0 Å². The van der Waals surface area contributed by atoms with E-state index < -0.39 is 0 Å². The molecule has 0 aliphatic heterocycles. The van der Waals surface area contributed by atoms with Gasteiger partial charge in [0, 0.05) is 18.4 Å². The lowest BCUT2D eigenvalue weighted by molar-refractivity contribution is 0.223. The van der Waals surface area contributed by atoms with E-state index in [1.807, 2.05) is 25.1 Å². The van der Waals surface area contributed by atoms with Gasteiger partial charge in [-0.1, -0.05) is 32.1 Å². The maximum absolute atomic E-state index is 13.8. The molecule has 0 saturated carbocycles. The van der Waals surface area contributed by atoms with Crippen molar-refractivity contribution in [1.82, 2.24) is 10.2 Å². The Morgan fingerprint density at radius 3 is 2.60 bits per heavy atom. The zero-order valence-corrected chi connectivity index (χ0v) is 19.1. The van der Waals surface area contributed by atoms with E-state index in [1.165, 1.54) is 6.07 Å². The molecule has 1 unspecified atom stereocenters. The highest BCUT2D eigenvalue weighted by Gasteiger charge is 2.19. The van der Waals surface area contributed by atoms with E-state index >= 15 is 0 Å². The van der Waals surface area contributed by atoms with Crippen molar-refractivity contribution < 1.29 is 4.39 Å². The maximum Gasteiger partial charge on any atom is 0.123 e. The first kappa shape index (κ1) is 25.5. The Balaban J connectivity index is 3.17. The average Bonchev–Trinajstić information content (AvgIpc) is 2.73. The number of rotatable bonds is 13. The number of nitrogens with one attached hydrogen (secondary N) is 1. The van der Waals surface area contributed by atoms with Crippen LogP contribution in [0.5, 0.6) is 0 Å². The van der Waals surface area contributed by atoms with Gasteiger partial charge in [-0.3, -0.25) is 15.3 Å². The van der Waals surface area contributed by atoms with Crippen LogP contribution < -0.4 is 5.32 Å². The third kappa shape index (κ3) is 8.46. The van der Waals surface area contributed by atoms with Crippen LogP contribution >= 0.6 is 0 Å². The van der Waals surface area contributed by atoms with E-state index in [-0.39, 0.29) is 17.9 Å². The summed E-state index contributed by atoms with van der Waals surface area (Å²) < 4.78 is 13.8. The number of benzene rings is 1. The lowest BCUT2D eigenvalue weighted by atomic mass is 10.0. The van der Waals surface area contributed by atoms with Crippen molar-refractivity contribution in [2.24, 2.45) is 9.98 Å². The van der Waals surface area contributed by atoms with Gasteiger partial charge >= 0.3 is 0 Å². The molecule has 1 aromatic carbocycles. The molecule has 30 heavy (non-hydrogen) atoms. The second kappa shape index (κ2) is 14.5. The lowest BCUT2D eigenvalue weighted by Gasteiger charge is -2.34. The minimum Gasteiger partial charge on any atom is -0.368 e. The van der Waals surface area contributed by atoms with Gasteiger partial charge in [0.1, 0.15) is 5.82 Å². The van der Waals surface area contributed by atoms with E-state index in [0.29, 0.717) is 6.67 Å². The van der Waals surface area contributed by atoms with Crippen LogP contribution in [0.2, 0.25) is 0 Å². The standard InChI is InChI=1S/C25H37FN4/c1-7-15-28-19-29-24(13-16-27-6)21(8-2)14-17-30(20(4)5)25(9-3)22-11-10-12-23(26)18-22/h8,10-14,16-18,20,25,28H,6-7,9,15,19H2,1-5H3/b16-13-,17-14-,21-8-,29-24+. The van der Waals surface area contributed by atoms with E-state index in [1.54, 1.807) is 18.3 Å². The summed E-state index contributed by atoms with van der Waals surface area (Å²) in [5, 5.41) is 3.29. The van der Waals surface area contributed by atoms with Crippen LogP contribution in [0.1, 0.15) is 59.1 Å². The predicted octanol–water partition coefficient (Wildman–Crippen LogP) is 6.06. The minimum absolute atomic E-state index is 0.0899. The average molecular weight is 413 g/mol. The maximum atomic E-state index is 13.8. The molecule has 5 heteroatoms. The van der Waals surface area contributed by atoms with Crippen LogP contribution in [-0.2, 0) is 0 Å². The third-order valence-electron chi connectivity index (χ3n) is 4.74. The molecule has 0 aliphatic rings. The first-order valence-electron chi connectivity index (χ1n) is 10.7. The predicted molar refractivity (Wildman–Crippen MR) is 129 cm³/mol. The molecule has 1 rings (SSSR count). The molecule has 1 N–H and O–H groups in total. The quantitative estimate of drug-likeness (QED) is 0.243. The first-order chi connectivity index (χ1) is 14.5. The molecule has 0 aliphatic carbocycles. The fourth-order valence-electron chi connectivity index (χ4n) is 3.22. The van der Waals surface area contributed by atoms with Crippen LogP contribution in [-0.4, -0.2) is 36.6 Å². The highest BCUT2D eigenvalue weighted by Crippen LogP contribution is 2.27. The highest BCUT2D eigenvalue weighted by molar-refractivity contribution is 6.10. The molecular formula is C25H37FN4. The van der Waals surface area contributed by atoms with E-state index in [0.717, 1.165) is 36.2 Å². The Bertz CT molecular complexity index is 762. The Morgan fingerprint density at radius 1 is 1.27 bits per heavy atom. The van der Waals surface area contributed by atoms with Crippen molar-refractivity contribution in [3.8, 4) is 0 Å². The van der Waals surface area contributed by atoms with Gasteiger partial charge in [0.15, 0.2) is 0 Å². The number of nitrogens with zero attached hydrogens (tertiary/aromatic N) is 3. The Labute approximate surface area is 182 Å². The highest BCUT2D eigenvalue weighted by atomic mass is 19.1. The molecule has 0 fully saturated rings. The molecule has 1 atom stereocenters. The summed E-state index contributed by atoms with van der Waals surface area (Å²) in [7, 11) is 0. The topological polar surface area (TPSA) is 40.0 Å². The molecule has 164 valence electrons. The minimum atomic E-state index is -0.205. The van der Waals surface area contributed by atoms with Gasteiger partial charge in [0.05, 0.1) is 18.4 Å². The number of aliphatic imine (C=N–C) groups is 2. The van der Waals surface area contributed by atoms with Crippen molar-refractivity contribution in [2.75, 3.05) is 13.2 Å². The summed E-state index contributed by atoms with van der Waals surface area (Å²) in [6.07, 6.45) is 11.6. The van der Waals surface area contributed by atoms with Crippen molar-refractivity contribution >= 4 is 12.4 Å². The number of allylic oxidation sites excluding steroid dienone is 4. The lowest BCUT2D eigenvalue weighted by Crippen LogP contribution is -2.30. The van der Waals surface area contributed by atoms with Gasteiger partial charge in [0.25, 0.3) is 0 Å². The smallest absolute Gasteiger partial charge is 0.123 e. The molecule has 0 aromatic heterocycles. The summed E-state index contributed by atoms with van der Waals surface area (Å²) in [6, 6.07) is 7.21. The van der Waals surface area contributed by atoms with Gasteiger partial charge in [-0.2, -0.15) is 0 Å². The molecule has 0 amide bonds. The van der Waals surface area contributed by atoms with Gasteiger partial charge < -0.3 is 4.90 Å². The molecule has 0 heterocycles. The first-order valence-corrected chi connectivity index (χ1v) is 10.7. The summed E-state index contributed by atoms with van der Waals surface area (Å²) in [5.74, 6) is -0.205. The van der Waals surface area contributed by atoms with Gasteiger partial charge in [0.2, 0.25) is 0 Å². The summed E-state index contributed by atoms with van der Waals surface area (Å²) in [5.41, 5.74) is 2.81. The summed E-state index contributed by atoms with van der Waals surface area (Å²) in [6.45, 7) is 15.5. The summed E-state index contributed by atoms with van der Waals surface area (Å²) >= 11 is 0. The van der Waals surface area contributed by atoms with E-state index in [2.05, 4.69) is 66.9 Å². The molecule has 0 spiro atoms. The monoisotopic (exact) mass is 412 g/mol. The van der Waals surface area contributed by atoms with E-state index in [9.17, 15) is 4.39 Å². The molecular weight excluding hydrogens is 375 g/mol. The third-order valence-corrected chi connectivity index (χ3v) is 4.74. The molecule has 1 aromatic rings. The normalized spacial score (nSPS) is 14.1. The second-order valence-electron chi connectivity index (χ2n) is 7.28. The molecule has 0 radical (unpaired) electrons. The largest absolute Gasteiger partial charge is 0.368 e. The fraction of sp³-hybridized carbons (Fsp3) is 0.440. The van der Waals surface area contributed by atoms with Gasteiger partial charge in [-0.25, -0.2) is 4.39 Å². The van der Waals surface area contributed by atoms with E-state index in [4.69, 9.17) is 0 Å². The van der Waals surface area contributed by atoms with Gasteiger partial charge in [-0.05, 0) is 82.3 Å². The van der Waals surface area contributed by atoms with Crippen molar-refractivity contribution in [2.45, 2.75) is 59.5 Å². The van der Waals surface area contributed by atoms with Crippen molar-refractivity contribution in [3.05, 3.63) is 71.8 Å². The van der Waals surface area contributed by atoms with Crippen LogP contribution in [0.4, 0.5) is 4.39 Å². The van der Waals surface area contributed by atoms with Crippen LogP contribution in [0.25, 0.3) is 0 Å². The zero-order chi connectivity index (χ0) is 22.4. The molecule has 4 nitrogen and oxygen atoms in total. The number of hydrogen-bond acceptors (Lipinski definition) is 4.